The van der Waals surface area contributed by atoms with E-state index in [0.29, 0.717) is 19.3 Å². The van der Waals surface area contributed by atoms with Crippen LogP contribution >= 0.6 is 7.60 Å². The van der Waals surface area contributed by atoms with E-state index in [2.05, 4.69) is 10.1 Å². The maximum Gasteiger partial charge on any atom is 0.510 e. The molecule has 2 rings (SSSR count). The average Bonchev–Trinajstić information content (AvgIpc) is 3.24. The van der Waals surface area contributed by atoms with Crippen LogP contribution in [0.25, 0.3) is 5.52 Å². The third kappa shape index (κ3) is 10.9. The molecule has 1 unspecified atom stereocenters. The molecule has 0 saturated heterocycles. The van der Waals surface area contributed by atoms with Gasteiger partial charge in [-0.2, -0.15) is 5.10 Å². The number of aromatic nitrogens is 3. The molecule has 0 spiro atoms. The summed E-state index contributed by atoms with van der Waals surface area (Å²) in [4.78, 5) is 27.3. The number of aliphatic hydroxyl groups is 1. The zero-order chi connectivity index (χ0) is 28.1. The van der Waals surface area contributed by atoms with Crippen molar-refractivity contribution in [3.05, 3.63) is 29.8 Å². The van der Waals surface area contributed by atoms with E-state index in [4.69, 9.17) is 32.7 Å². The summed E-state index contributed by atoms with van der Waals surface area (Å²) in [5.74, 6) is 0. The number of carbonyl (C=O) groups excluding carboxylic acids is 2. The lowest BCUT2D eigenvalue weighted by Crippen LogP contribution is -2.21. The largest absolute Gasteiger partial charge is 0.510 e. The molecule has 1 atom stereocenters. The Morgan fingerprint density at radius 2 is 1.63 bits per heavy atom. The van der Waals surface area contributed by atoms with Crippen LogP contribution in [0.4, 0.5) is 9.59 Å². The van der Waals surface area contributed by atoms with Gasteiger partial charge in [-0.3, -0.25) is 13.6 Å². The summed E-state index contributed by atoms with van der Waals surface area (Å²) in [6, 6.07) is 3.89. The van der Waals surface area contributed by atoms with E-state index in [0.717, 1.165) is 16.9 Å². The molecular weight excluding hydrogens is 525 g/mol. The fraction of sp³-hybridized carbons (Fsp3) is 0.652. The zero-order valence-corrected chi connectivity index (χ0v) is 23.1. The first-order valence-electron chi connectivity index (χ1n) is 12.1. The number of fused-ring (bicyclic) bond motifs is 1. The summed E-state index contributed by atoms with van der Waals surface area (Å²) in [6.07, 6.45) is -1.05. The minimum atomic E-state index is -4.11. The molecule has 0 aliphatic rings. The normalized spacial score (nSPS) is 12.6. The number of carbonyl (C=O) groups is 2. The molecule has 38 heavy (non-hydrogen) atoms. The van der Waals surface area contributed by atoms with Gasteiger partial charge in [0.1, 0.15) is 12.7 Å². The van der Waals surface area contributed by atoms with Crippen LogP contribution in [-0.2, 0) is 43.7 Å². The number of hydrogen-bond donors (Lipinski definition) is 1. The Balaban J connectivity index is 1.90. The fourth-order valence-corrected chi connectivity index (χ4v) is 4.15. The molecule has 2 aromatic heterocycles. The molecule has 0 fully saturated rings. The minimum absolute atomic E-state index is 0.357. The van der Waals surface area contributed by atoms with Crippen LogP contribution in [0.2, 0.25) is 0 Å². The van der Waals surface area contributed by atoms with Gasteiger partial charge in [-0.05, 0) is 66.0 Å². The molecule has 2 heterocycles. The van der Waals surface area contributed by atoms with Crippen molar-refractivity contribution in [2.24, 2.45) is 0 Å². The lowest BCUT2D eigenvalue weighted by Gasteiger charge is -2.21. The van der Waals surface area contributed by atoms with Gasteiger partial charge < -0.3 is 28.8 Å². The monoisotopic (exact) mass is 561 g/mol. The van der Waals surface area contributed by atoms with Crippen molar-refractivity contribution in [2.45, 2.75) is 72.2 Å². The van der Waals surface area contributed by atoms with E-state index >= 15 is 0 Å². The fourth-order valence-electron chi connectivity index (χ4n) is 3.11. The van der Waals surface area contributed by atoms with Gasteiger partial charge in [-0.15, -0.1) is 0 Å². The van der Waals surface area contributed by atoms with Crippen LogP contribution in [0.5, 0.6) is 0 Å². The van der Waals surface area contributed by atoms with Gasteiger partial charge >= 0.3 is 19.9 Å². The van der Waals surface area contributed by atoms with Crippen LogP contribution < -0.4 is 0 Å². The van der Waals surface area contributed by atoms with Gasteiger partial charge in [-0.25, -0.2) is 19.1 Å². The van der Waals surface area contributed by atoms with E-state index < -0.39 is 58.2 Å². The smallest absolute Gasteiger partial charge is 0.432 e. The Morgan fingerprint density at radius 1 is 1.03 bits per heavy atom. The predicted octanol–water partition coefficient (Wildman–Crippen LogP) is 3.96. The van der Waals surface area contributed by atoms with Gasteiger partial charge in [0.05, 0.1) is 36.1 Å². The molecule has 0 aromatic carbocycles. The van der Waals surface area contributed by atoms with Crippen LogP contribution in [0.15, 0.2) is 18.5 Å². The zero-order valence-electron chi connectivity index (χ0n) is 22.2. The first kappa shape index (κ1) is 31.4. The van der Waals surface area contributed by atoms with E-state index in [1.807, 2.05) is 23.6 Å². The van der Waals surface area contributed by atoms with Crippen molar-refractivity contribution >= 4 is 25.4 Å². The van der Waals surface area contributed by atoms with Crippen LogP contribution in [-0.4, -0.2) is 76.9 Å². The summed E-state index contributed by atoms with van der Waals surface area (Å²) in [5.41, 5.74) is 2.74. The second kappa shape index (κ2) is 15.6. The van der Waals surface area contributed by atoms with Crippen molar-refractivity contribution in [1.82, 2.24) is 14.6 Å². The molecule has 14 nitrogen and oxygen atoms in total. The first-order chi connectivity index (χ1) is 18.0. The highest BCUT2D eigenvalue weighted by Crippen LogP contribution is 2.48. The van der Waals surface area contributed by atoms with E-state index in [1.54, 1.807) is 27.7 Å². The molecule has 2 aromatic rings. The number of nitrogens with zero attached hydrogens (tertiary/aromatic N) is 3. The molecule has 0 bridgehead atoms. The summed E-state index contributed by atoms with van der Waals surface area (Å²) < 4.78 is 49.8. The second-order valence-electron chi connectivity index (χ2n) is 8.69. The molecule has 0 amide bonds. The minimum Gasteiger partial charge on any atom is -0.432 e. The van der Waals surface area contributed by atoms with Gasteiger partial charge in [0.15, 0.2) is 0 Å². The summed E-state index contributed by atoms with van der Waals surface area (Å²) in [5, 5.41) is 14.0. The van der Waals surface area contributed by atoms with Crippen LogP contribution in [0.3, 0.4) is 0 Å². The molecule has 0 aliphatic carbocycles. The van der Waals surface area contributed by atoms with Crippen molar-refractivity contribution < 1.29 is 52.0 Å². The van der Waals surface area contributed by atoms with Crippen molar-refractivity contribution in [3.63, 3.8) is 0 Å². The quantitative estimate of drug-likeness (QED) is 0.178. The van der Waals surface area contributed by atoms with Gasteiger partial charge in [0, 0.05) is 5.69 Å². The summed E-state index contributed by atoms with van der Waals surface area (Å²) in [7, 11) is -4.11. The van der Waals surface area contributed by atoms with E-state index in [9.17, 15) is 19.3 Å². The standard InChI is InChI=1S/C23H36N3O11P/c1-16(2)36-22(28)31-13-34-38(30,35-14-32-23(29)37-17(3)4)15-33-20(11-27)8-6-7-19-9-10-21-18(5)24-12-25-26(19)21/h9-10,12,16-17,20,27H,6-8,11,13-15H2,1-5H3. The third-order valence-corrected chi connectivity index (χ3v) is 6.33. The number of ether oxygens (including phenoxy) is 5. The van der Waals surface area contributed by atoms with Crippen molar-refractivity contribution in [2.75, 3.05) is 26.5 Å². The number of aliphatic hydroxyl groups excluding tert-OH is 1. The molecule has 0 aliphatic heterocycles. The third-order valence-electron chi connectivity index (χ3n) is 4.87. The highest BCUT2D eigenvalue weighted by molar-refractivity contribution is 7.53. The summed E-state index contributed by atoms with van der Waals surface area (Å²) in [6.45, 7) is 6.51. The lowest BCUT2D eigenvalue weighted by atomic mass is 10.1. The molecule has 0 saturated carbocycles. The molecule has 214 valence electrons. The highest BCUT2D eigenvalue weighted by Gasteiger charge is 2.29. The van der Waals surface area contributed by atoms with Crippen LogP contribution in [0, 0.1) is 6.92 Å². The van der Waals surface area contributed by atoms with Gasteiger partial charge in [0.25, 0.3) is 0 Å². The predicted molar refractivity (Wildman–Crippen MR) is 132 cm³/mol. The van der Waals surface area contributed by atoms with Crippen LogP contribution in [0.1, 0.15) is 51.9 Å². The second-order valence-corrected chi connectivity index (χ2v) is 10.7. The Labute approximate surface area is 221 Å². The summed E-state index contributed by atoms with van der Waals surface area (Å²) >= 11 is 0. The van der Waals surface area contributed by atoms with Gasteiger partial charge in [0.2, 0.25) is 13.6 Å². The van der Waals surface area contributed by atoms with Crippen molar-refractivity contribution in [3.8, 4) is 0 Å². The molecule has 1 N–H and O–H groups in total. The number of aryl methyl sites for hydroxylation is 2. The number of rotatable bonds is 16. The average molecular weight is 562 g/mol. The maximum absolute atomic E-state index is 13.1. The van der Waals surface area contributed by atoms with Crippen molar-refractivity contribution in [1.29, 1.82) is 0 Å². The lowest BCUT2D eigenvalue weighted by molar-refractivity contribution is -0.0398. The molecule has 15 heteroatoms. The highest BCUT2D eigenvalue weighted by atomic mass is 31.2. The SMILES string of the molecule is Cc1ncnn2c(CCCC(CO)OCP(=O)(OCOC(=O)OC(C)C)OCOC(=O)OC(C)C)ccc12. The van der Waals surface area contributed by atoms with E-state index in [-0.39, 0.29) is 6.61 Å². The number of hydrogen-bond acceptors (Lipinski definition) is 13. The molecular formula is C23H36N3O11P. The topological polar surface area (TPSA) is 166 Å². The Kier molecular flexibility index (Phi) is 12.9. The Morgan fingerprint density at radius 3 is 2.18 bits per heavy atom. The Hall–Kier alpha value is -2.77. The van der Waals surface area contributed by atoms with E-state index in [1.165, 1.54) is 6.33 Å². The van der Waals surface area contributed by atoms with Gasteiger partial charge in [-0.1, -0.05) is 0 Å². The Bertz CT molecular complexity index is 1040. The maximum atomic E-state index is 13.1. The first-order valence-corrected chi connectivity index (χ1v) is 13.8. The molecule has 0 radical (unpaired) electrons.